The number of pyridine rings is 2. The minimum atomic E-state index is -0.308. The van der Waals surface area contributed by atoms with E-state index < -0.39 is 0 Å². The molecule has 4 nitrogen and oxygen atoms in total. The molecule has 0 spiro atoms. The number of aromatic nitrogens is 2. The van der Waals surface area contributed by atoms with Crippen molar-refractivity contribution in [1.29, 1.82) is 0 Å². The second-order valence-electron chi connectivity index (χ2n) is 3.59. The average molecular weight is 282 g/mol. The van der Waals surface area contributed by atoms with E-state index in [2.05, 4.69) is 15.3 Å². The normalized spacial score (nSPS) is 10.2. The second-order valence-corrected chi connectivity index (χ2v) is 4.37. The van der Waals surface area contributed by atoms with Crippen LogP contribution >= 0.6 is 23.2 Å². The standard InChI is InChI=1S/C12H9Cl2N3O/c1-7-9(3-2-4-15-7)16-12(18)8-5-10(13)17-11(14)6-8/h2-6H,1H3,(H,16,18). The zero-order chi connectivity index (χ0) is 13.1. The number of aryl methyl sites for hydroxylation is 1. The molecular formula is C12H9Cl2N3O. The number of anilines is 1. The van der Waals surface area contributed by atoms with Gasteiger partial charge in [0.05, 0.1) is 11.4 Å². The van der Waals surface area contributed by atoms with E-state index in [1.807, 2.05) is 6.92 Å². The Morgan fingerprint density at radius 1 is 1.28 bits per heavy atom. The van der Waals surface area contributed by atoms with E-state index in [1.165, 1.54) is 12.1 Å². The van der Waals surface area contributed by atoms with Crippen molar-refractivity contribution >= 4 is 34.8 Å². The number of carbonyl (C=O) groups excluding carboxylic acids is 1. The summed E-state index contributed by atoms with van der Waals surface area (Å²) in [6.07, 6.45) is 1.66. The molecule has 18 heavy (non-hydrogen) atoms. The number of amides is 1. The molecule has 92 valence electrons. The van der Waals surface area contributed by atoms with Gasteiger partial charge in [-0.05, 0) is 31.2 Å². The van der Waals surface area contributed by atoms with Crippen molar-refractivity contribution in [1.82, 2.24) is 9.97 Å². The van der Waals surface area contributed by atoms with E-state index in [9.17, 15) is 4.79 Å². The lowest BCUT2D eigenvalue weighted by Gasteiger charge is -2.07. The Hall–Kier alpha value is -1.65. The van der Waals surface area contributed by atoms with Crippen LogP contribution in [0.1, 0.15) is 16.1 Å². The summed E-state index contributed by atoms with van der Waals surface area (Å²) in [7, 11) is 0. The summed E-state index contributed by atoms with van der Waals surface area (Å²) >= 11 is 11.5. The molecule has 1 N–H and O–H groups in total. The fourth-order valence-corrected chi connectivity index (χ4v) is 1.87. The monoisotopic (exact) mass is 281 g/mol. The number of hydrogen-bond acceptors (Lipinski definition) is 3. The largest absolute Gasteiger partial charge is 0.320 e. The summed E-state index contributed by atoms with van der Waals surface area (Å²) in [5.74, 6) is -0.308. The molecule has 0 unspecified atom stereocenters. The highest BCUT2D eigenvalue weighted by Gasteiger charge is 2.10. The molecule has 6 heteroatoms. The molecule has 0 saturated carbocycles. The summed E-state index contributed by atoms with van der Waals surface area (Å²) < 4.78 is 0. The first kappa shape index (κ1) is 12.8. The number of nitrogens with one attached hydrogen (secondary N) is 1. The lowest BCUT2D eigenvalue weighted by Crippen LogP contribution is -2.13. The van der Waals surface area contributed by atoms with Crippen molar-refractivity contribution in [3.05, 3.63) is 52.0 Å². The first-order chi connectivity index (χ1) is 8.56. The molecule has 0 aromatic carbocycles. The van der Waals surface area contributed by atoms with Gasteiger partial charge in [0.25, 0.3) is 5.91 Å². The third-order valence-corrected chi connectivity index (χ3v) is 2.67. The maximum Gasteiger partial charge on any atom is 0.255 e. The van der Waals surface area contributed by atoms with Gasteiger partial charge >= 0.3 is 0 Å². The molecule has 2 rings (SSSR count). The molecule has 2 heterocycles. The van der Waals surface area contributed by atoms with Crippen LogP contribution in [0, 0.1) is 6.92 Å². The maximum absolute atomic E-state index is 12.0. The highest BCUT2D eigenvalue weighted by molar-refractivity contribution is 6.33. The van der Waals surface area contributed by atoms with Gasteiger partial charge in [-0.3, -0.25) is 9.78 Å². The smallest absolute Gasteiger partial charge is 0.255 e. The van der Waals surface area contributed by atoms with E-state index in [-0.39, 0.29) is 16.2 Å². The van der Waals surface area contributed by atoms with Gasteiger partial charge in [-0.2, -0.15) is 0 Å². The molecule has 2 aromatic heterocycles. The Bertz CT molecular complexity index is 581. The van der Waals surface area contributed by atoms with Crippen molar-refractivity contribution in [2.75, 3.05) is 5.32 Å². The van der Waals surface area contributed by atoms with Crippen molar-refractivity contribution in [2.45, 2.75) is 6.92 Å². The van der Waals surface area contributed by atoms with Crippen molar-refractivity contribution in [2.24, 2.45) is 0 Å². The van der Waals surface area contributed by atoms with E-state index in [0.29, 0.717) is 11.3 Å². The highest BCUT2D eigenvalue weighted by atomic mass is 35.5. The van der Waals surface area contributed by atoms with Gasteiger partial charge in [-0.15, -0.1) is 0 Å². The summed E-state index contributed by atoms with van der Waals surface area (Å²) in [6.45, 7) is 1.81. The Morgan fingerprint density at radius 2 is 1.94 bits per heavy atom. The summed E-state index contributed by atoms with van der Waals surface area (Å²) in [5, 5.41) is 3.09. The van der Waals surface area contributed by atoms with Gasteiger partial charge in [0.2, 0.25) is 0 Å². The fourth-order valence-electron chi connectivity index (χ4n) is 1.41. The minimum absolute atomic E-state index is 0.176. The lowest BCUT2D eigenvalue weighted by atomic mass is 10.2. The van der Waals surface area contributed by atoms with Crippen LogP contribution in [0.15, 0.2) is 30.5 Å². The molecule has 0 aliphatic rings. The SMILES string of the molecule is Cc1ncccc1NC(=O)c1cc(Cl)nc(Cl)c1. The quantitative estimate of drug-likeness (QED) is 0.859. The Balaban J connectivity index is 2.25. The van der Waals surface area contributed by atoms with E-state index in [1.54, 1.807) is 18.3 Å². The molecule has 0 aliphatic heterocycles. The maximum atomic E-state index is 12.0. The van der Waals surface area contributed by atoms with Gasteiger partial charge in [0, 0.05) is 11.8 Å². The van der Waals surface area contributed by atoms with Crippen LogP contribution in [0.5, 0.6) is 0 Å². The van der Waals surface area contributed by atoms with Crippen LogP contribution < -0.4 is 5.32 Å². The molecule has 0 saturated heterocycles. The molecule has 1 amide bonds. The summed E-state index contributed by atoms with van der Waals surface area (Å²) in [4.78, 5) is 19.8. The Morgan fingerprint density at radius 3 is 2.56 bits per heavy atom. The summed E-state index contributed by atoms with van der Waals surface area (Å²) in [6, 6.07) is 6.42. The molecule has 0 aliphatic carbocycles. The van der Waals surface area contributed by atoms with Crippen LogP contribution in [0.4, 0.5) is 5.69 Å². The van der Waals surface area contributed by atoms with Crippen molar-refractivity contribution in [3.63, 3.8) is 0 Å². The third-order valence-electron chi connectivity index (χ3n) is 2.28. The van der Waals surface area contributed by atoms with Crippen molar-refractivity contribution in [3.8, 4) is 0 Å². The van der Waals surface area contributed by atoms with Crippen LogP contribution in [-0.2, 0) is 0 Å². The Labute approximate surface area is 114 Å². The highest BCUT2D eigenvalue weighted by Crippen LogP contribution is 2.17. The third kappa shape index (κ3) is 2.97. The molecule has 2 aromatic rings. The molecule has 0 atom stereocenters. The molecule has 0 radical (unpaired) electrons. The molecule has 0 bridgehead atoms. The van der Waals surface area contributed by atoms with Gasteiger partial charge in [-0.1, -0.05) is 23.2 Å². The fraction of sp³-hybridized carbons (Fsp3) is 0.0833. The van der Waals surface area contributed by atoms with Crippen molar-refractivity contribution < 1.29 is 4.79 Å². The predicted octanol–water partition coefficient (Wildman–Crippen LogP) is 3.34. The van der Waals surface area contributed by atoms with E-state index >= 15 is 0 Å². The van der Waals surface area contributed by atoms with Crippen LogP contribution in [-0.4, -0.2) is 15.9 Å². The number of halogens is 2. The second kappa shape index (κ2) is 5.33. The number of carbonyl (C=O) groups is 1. The van der Waals surface area contributed by atoms with Gasteiger partial charge in [0.15, 0.2) is 0 Å². The lowest BCUT2D eigenvalue weighted by molar-refractivity contribution is 0.102. The topological polar surface area (TPSA) is 54.9 Å². The van der Waals surface area contributed by atoms with E-state index in [0.717, 1.165) is 5.69 Å². The van der Waals surface area contributed by atoms with Crippen LogP contribution in [0.3, 0.4) is 0 Å². The van der Waals surface area contributed by atoms with Gasteiger partial charge in [-0.25, -0.2) is 4.98 Å². The van der Waals surface area contributed by atoms with Crippen LogP contribution in [0.2, 0.25) is 10.3 Å². The number of hydrogen-bond donors (Lipinski definition) is 1. The summed E-state index contributed by atoms with van der Waals surface area (Å²) in [5.41, 5.74) is 1.73. The zero-order valence-electron chi connectivity index (χ0n) is 9.45. The average Bonchev–Trinajstić information content (AvgIpc) is 2.31. The minimum Gasteiger partial charge on any atom is -0.320 e. The Kier molecular flexibility index (Phi) is 3.79. The zero-order valence-corrected chi connectivity index (χ0v) is 11.0. The first-order valence-corrected chi connectivity index (χ1v) is 5.88. The van der Waals surface area contributed by atoms with E-state index in [4.69, 9.17) is 23.2 Å². The molecule has 0 fully saturated rings. The molecular weight excluding hydrogens is 273 g/mol. The number of rotatable bonds is 2. The van der Waals surface area contributed by atoms with Gasteiger partial charge in [0.1, 0.15) is 10.3 Å². The first-order valence-electron chi connectivity index (χ1n) is 5.12. The predicted molar refractivity (Wildman–Crippen MR) is 71.2 cm³/mol. The van der Waals surface area contributed by atoms with Crippen LogP contribution in [0.25, 0.3) is 0 Å². The number of nitrogens with zero attached hydrogens (tertiary/aromatic N) is 2. The van der Waals surface area contributed by atoms with Gasteiger partial charge < -0.3 is 5.32 Å².